The minimum Gasteiger partial charge on any atom is -0.455 e. The van der Waals surface area contributed by atoms with Gasteiger partial charge in [-0.1, -0.05) is 145 Å². The van der Waals surface area contributed by atoms with E-state index in [0.717, 1.165) is 0 Å². The Balaban J connectivity index is 1.46. The minimum absolute atomic E-state index is 0.503. The van der Waals surface area contributed by atoms with Gasteiger partial charge in [0.05, 0.1) is 41.1 Å². The zero-order valence-corrected chi connectivity index (χ0v) is 25.4. The average molecular weight is 677 g/mol. The molecule has 0 bridgehead atoms. The van der Waals surface area contributed by atoms with Gasteiger partial charge in [0.2, 0.25) is 0 Å². The summed E-state index contributed by atoms with van der Waals surface area (Å²) in [5.41, 5.74) is -6.75. The molecule has 0 saturated heterocycles. The molecule has 1 heteroatoms. The predicted molar refractivity (Wildman–Crippen MR) is 216 cm³/mol. The molecule has 0 fully saturated rings. The van der Waals surface area contributed by atoms with Crippen molar-refractivity contribution in [2.24, 2.45) is 0 Å². The highest BCUT2D eigenvalue weighted by atomic mass is 16.5. The Bertz CT molecular complexity index is 4750. The summed E-state index contributed by atoms with van der Waals surface area (Å²) in [6, 6.07) is -28.8. The van der Waals surface area contributed by atoms with Crippen molar-refractivity contribution in [3.8, 4) is 56.0 Å². The lowest BCUT2D eigenvalue weighted by Crippen LogP contribution is -1.99. The molecular weight excluding hydrogens is 617 g/mol. The van der Waals surface area contributed by atoms with Crippen LogP contribution >= 0.6 is 0 Å². The number of hydrogen-bond donors (Lipinski definition) is 0. The third-order valence-electron chi connectivity index (χ3n) is 8.50. The van der Waals surface area contributed by atoms with Gasteiger partial charge in [-0.25, -0.2) is 0 Å². The summed E-state index contributed by atoms with van der Waals surface area (Å²) in [5.74, 6) is -1.34. The number of fused-ring (bicyclic) bond motifs is 8. The van der Waals surface area contributed by atoms with Crippen molar-refractivity contribution in [1.82, 2.24) is 0 Å². The summed E-state index contributed by atoms with van der Waals surface area (Å²) in [6.45, 7) is 0. The normalized spacial score (nSPS) is 20.3. The minimum atomic E-state index is -1.19. The zero-order valence-electron chi connectivity index (χ0n) is 55.4. The van der Waals surface area contributed by atoms with E-state index >= 15 is 0 Å². The summed E-state index contributed by atoms with van der Waals surface area (Å²) in [7, 11) is 0. The highest BCUT2D eigenvalue weighted by molar-refractivity contribution is 6.20. The van der Waals surface area contributed by atoms with Crippen LogP contribution in [0.4, 0.5) is 0 Å². The van der Waals surface area contributed by atoms with E-state index in [2.05, 4.69) is 0 Å². The van der Waals surface area contributed by atoms with Crippen molar-refractivity contribution in [3.05, 3.63) is 181 Å². The van der Waals surface area contributed by atoms with Gasteiger partial charge in [-0.15, -0.1) is 0 Å². The van der Waals surface area contributed by atoms with Crippen molar-refractivity contribution in [1.29, 1.82) is 0 Å². The summed E-state index contributed by atoms with van der Waals surface area (Å²) < 4.78 is 280. The van der Waals surface area contributed by atoms with Crippen LogP contribution in [0.2, 0.25) is 0 Å². The Hall–Kier alpha value is -6.70. The molecule has 1 heterocycles. The first kappa shape index (κ1) is 11.7. The van der Waals surface area contributed by atoms with E-state index in [1.165, 1.54) is 0 Å². The van der Waals surface area contributed by atoms with E-state index in [-0.39, 0.29) is 0 Å². The van der Waals surface area contributed by atoms with E-state index in [1.54, 1.807) is 0 Å². The van der Waals surface area contributed by atoms with E-state index in [4.69, 9.17) is 26.7 Å². The van der Waals surface area contributed by atoms with Gasteiger partial charge >= 0.3 is 0 Å². The highest BCUT2D eigenvalue weighted by Gasteiger charge is 2.24. The molecule has 10 aromatic carbocycles. The van der Waals surface area contributed by atoms with Crippen LogP contribution in [0.5, 0.6) is 11.5 Å². The summed E-state index contributed by atoms with van der Waals surface area (Å²) in [4.78, 5) is 0. The quantitative estimate of drug-likeness (QED) is 0.134. The number of benzene rings is 10. The monoisotopic (exact) mass is 676 g/mol. The molecule has 1 nitrogen and oxygen atoms in total. The van der Waals surface area contributed by atoms with Crippen LogP contribution in [0.1, 0.15) is 41.1 Å². The smallest absolute Gasteiger partial charge is 0.143 e. The predicted octanol–water partition coefficient (Wildman–Crippen LogP) is 14.2. The molecule has 0 aliphatic carbocycles. The van der Waals surface area contributed by atoms with E-state index in [0.29, 0.717) is 0 Å². The van der Waals surface area contributed by atoms with Crippen molar-refractivity contribution >= 4 is 53.9 Å². The SMILES string of the molecule is [2H]c1c([2H])c([2H])c(-c2c([2H])c(-c3c([2H])c([2H])c4c5c(c([2H])c([2H])c([2H])c35)-c3c([2H])c([2H])c5c([2H])c([2H])c([2H])c([2H])c5c3O4)c([2H])c(-c3c4c([2H])c([2H])c([2H])c([2H])c4c([2H])c4c3c([2H])c([2H])c3c([2H])c([2H])c([2H])c([2H])c34)c2[2H])c([2H])c1[2H]. The van der Waals surface area contributed by atoms with Crippen molar-refractivity contribution in [2.45, 2.75) is 0 Å². The second kappa shape index (κ2) is 10.9. The van der Waals surface area contributed by atoms with E-state index in [9.17, 15) is 19.2 Å². The molecule has 11 rings (SSSR count). The Morgan fingerprint density at radius 1 is 0.333 bits per heavy atom. The van der Waals surface area contributed by atoms with Gasteiger partial charge in [0, 0.05) is 16.3 Å². The molecule has 10 aromatic rings. The number of rotatable bonds is 3. The molecule has 0 spiro atoms. The lowest BCUT2D eigenvalue weighted by molar-refractivity contribution is 0.493. The molecule has 0 saturated carbocycles. The van der Waals surface area contributed by atoms with Crippen LogP contribution in [-0.2, 0) is 0 Å². The van der Waals surface area contributed by atoms with Crippen molar-refractivity contribution in [2.75, 3.05) is 0 Å². The lowest BCUT2D eigenvalue weighted by Gasteiger charge is -2.24. The molecule has 0 amide bonds. The van der Waals surface area contributed by atoms with Crippen LogP contribution in [0.15, 0.2) is 181 Å². The fraction of sp³-hybridized carbons (Fsp3) is 0. The molecule has 0 atom stereocenters. The first-order valence-electron chi connectivity index (χ1n) is 30.2. The van der Waals surface area contributed by atoms with Gasteiger partial charge in [-0.2, -0.15) is 0 Å². The maximum absolute atomic E-state index is 10.3. The maximum atomic E-state index is 10.3. The van der Waals surface area contributed by atoms with Crippen molar-refractivity contribution < 1.29 is 45.9 Å². The molecule has 51 heavy (non-hydrogen) atoms. The molecule has 0 radical (unpaired) electrons. The number of ether oxygens (including phenoxy) is 1. The number of hydrogen-bond acceptors (Lipinski definition) is 1. The Labute approximate surface area is 337 Å². The van der Waals surface area contributed by atoms with Crippen LogP contribution in [-0.4, -0.2) is 0 Å². The Morgan fingerprint density at radius 2 is 0.980 bits per heavy atom. The largest absolute Gasteiger partial charge is 0.455 e. The molecular formula is C50H30O. The summed E-state index contributed by atoms with van der Waals surface area (Å²) >= 11 is 0. The van der Waals surface area contributed by atoms with Crippen LogP contribution in [0.3, 0.4) is 0 Å². The Kier molecular flexibility index (Phi) is 2.50. The average Bonchev–Trinajstić information content (AvgIpc) is 1.28. The van der Waals surface area contributed by atoms with E-state index < -0.39 is 291 Å². The van der Waals surface area contributed by atoms with Gasteiger partial charge in [-0.3, -0.25) is 0 Å². The molecule has 0 aromatic heterocycles. The third-order valence-corrected chi connectivity index (χ3v) is 8.50. The summed E-state index contributed by atoms with van der Waals surface area (Å²) in [6.07, 6.45) is 0. The fourth-order valence-electron chi connectivity index (χ4n) is 6.31. The first-order valence-corrected chi connectivity index (χ1v) is 15.2. The molecule has 1 aliphatic heterocycles. The third kappa shape index (κ3) is 4.28. The highest BCUT2D eigenvalue weighted by Crippen LogP contribution is 2.51. The Morgan fingerprint density at radius 3 is 1.84 bits per heavy atom. The van der Waals surface area contributed by atoms with E-state index in [1.807, 2.05) is 0 Å². The maximum Gasteiger partial charge on any atom is 0.143 e. The van der Waals surface area contributed by atoms with Gasteiger partial charge < -0.3 is 4.74 Å². The second-order valence-electron chi connectivity index (χ2n) is 11.3. The standard InChI is InChI=1S/C50H30O/c1-2-11-31(12-3-1)35-27-36(29-37(28-35)48-40-17-8-6-15-34(40)30-46-38-16-7-4-13-32(38)21-23-44(46)48)39-25-26-47-49-42(39)19-10-20-43(49)45-24-22-33-14-5-9-18-41(33)50(45)51-47/h1-30H/i1D,2D,3D,4D,5D,6D,7D,8D,9D,10D,11D,12D,13D,14D,15D,16D,17D,18D,19D,20D,21D,22D,23D,24D,25D,26D,27D,28D,29D,30D. The van der Waals surface area contributed by atoms with Crippen LogP contribution < -0.4 is 4.74 Å². The molecule has 0 unspecified atom stereocenters. The molecule has 236 valence electrons. The zero-order chi connectivity index (χ0) is 59.6. The topological polar surface area (TPSA) is 9.23 Å². The van der Waals surface area contributed by atoms with Gasteiger partial charge in [0.25, 0.3) is 0 Å². The molecule has 1 aliphatic rings. The molecule has 0 N–H and O–H groups in total. The lowest BCUT2D eigenvalue weighted by atomic mass is 9.85. The van der Waals surface area contributed by atoms with Crippen molar-refractivity contribution in [3.63, 3.8) is 0 Å². The van der Waals surface area contributed by atoms with Crippen LogP contribution in [0.25, 0.3) is 98.4 Å². The van der Waals surface area contributed by atoms with Gasteiger partial charge in [0.1, 0.15) is 11.5 Å². The fourth-order valence-corrected chi connectivity index (χ4v) is 6.31. The second-order valence-corrected chi connectivity index (χ2v) is 11.3. The summed E-state index contributed by atoms with van der Waals surface area (Å²) in [5, 5.41) is -6.51. The first-order chi connectivity index (χ1) is 37.8. The van der Waals surface area contributed by atoms with Crippen LogP contribution in [0, 0.1) is 0 Å². The van der Waals surface area contributed by atoms with Gasteiger partial charge in [0.15, 0.2) is 0 Å². The van der Waals surface area contributed by atoms with Gasteiger partial charge in [-0.05, 0) is 118 Å².